The smallest absolute Gasteiger partial charge is 0.350 e. The van der Waals surface area contributed by atoms with E-state index in [9.17, 15) is 0 Å². The summed E-state index contributed by atoms with van der Waals surface area (Å²) in [7, 11) is -2.39. The molecule has 2 nitrogen and oxygen atoms in total. The van der Waals surface area contributed by atoms with Crippen LogP contribution in [0.15, 0.2) is 24.8 Å². The van der Waals surface area contributed by atoms with Crippen LogP contribution in [0.3, 0.4) is 0 Å². The molecule has 19 heavy (non-hydrogen) atoms. The van der Waals surface area contributed by atoms with Crippen molar-refractivity contribution in [2.75, 3.05) is 0 Å². The van der Waals surface area contributed by atoms with E-state index in [1.165, 1.54) is 0 Å². The van der Waals surface area contributed by atoms with Crippen molar-refractivity contribution in [3.05, 3.63) is 24.8 Å². The summed E-state index contributed by atoms with van der Waals surface area (Å²) in [6.45, 7) is 19.4. The van der Waals surface area contributed by atoms with Gasteiger partial charge in [0.2, 0.25) is 0 Å². The number of allylic oxidation sites excluding steroid dienone is 1. The van der Waals surface area contributed by atoms with E-state index in [0.29, 0.717) is 0 Å². The first-order chi connectivity index (χ1) is 8.57. The monoisotopic (exact) mass is 282 g/mol. The Morgan fingerprint density at radius 1 is 1.00 bits per heavy atom. The zero-order chi connectivity index (χ0) is 14.9. The first-order valence-corrected chi connectivity index (χ1v) is 9.00. The van der Waals surface area contributed by atoms with Crippen LogP contribution >= 0.6 is 0 Å². The van der Waals surface area contributed by atoms with Crippen LogP contribution < -0.4 is 0 Å². The third-order valence-electron chi connectivity index (χ3n) is 3.74. The average molecular weight is 282 g/mol. The summed E-state index contributed by atoms with van der Waals surface area (Å²) in [6.07, 6.45) is 7.26. The minimum Gasteiger partial charge on any atom is -0.387 e. The Morgan fingerprint density at radius 3 is 1.84 bits per heavy atom. The quantitative estimate of drug-likeness (QED) is 0.526. The Kier molecular flexibility index (Phi) is 4.87. The molecule has 1 aliphatic rings. The van der Waals surface area contributed by atoms with Gasteiger partial charge in [-0.05, 0) is 6.92 Å². The van der Waals surface area contributed by atoms with Gasteiger partial charge in [0.15, 0.2) is 0 Å². The van der Waals surface area contributed by atoms with Crippen molar-refractivity contribution in [1.82, 2.24) is 0 Å². The molecule has 1 aliphatic heterocycles. The van der Waals surface area contributed by atoms with Crippen molar-refractivity contribution in [2.45, 2.75) is 77.2 Å². The average Bonchev–Trinajstić information content (AvgIpc) is 2.26. The summed E-state index contributed by atoms with van der Waals surface area (Å²) < 4.78 is 13.1. The highest BCUT2D eigenvalue weighted by atomic mass is 28.4. The fourth-order valence-electron chi connectivity index (χ4n) is 3.09. The van der Waals surface area contributed by atoms with Crippen LogP contribution in [0, 0.1) is 0 Å². The lowest BCUT2D eigenvalue weighted by atomic mass is 10.1. The molecule has 0 aromatic carbocycles. The second kappa shape index (κ2) is 5.55. The highest BCUT2D eigenvalue weighted by Crippen LogP contribution is 2.55. The SMILES string of the molecule is C=CC1CC(/C=C/C)O[Si](C(C)(C)C)(C(C)(C)C)O1. The molecule has 0 radical (unpaired) electrons. The molecule has 2 atom stereocenters. The van der Waals surface area contributed by atoms with Crippen molar-refractivity contribution >= 4 is 8.56 Å². The Morgan fingerprint density at radius 2 is 1.47 bits per heavy atom. The van der Waals surface area contributed by atoms with Crippen molar-refractivity contribution < 1.29 is 8.85 Å². The summed E-state index contributed by atoms with van der Waals surface area (Å²) in [5.74, 6) is 0. The second-order valence-corrected chi connectivity index (χ2v) is 12.1. The van der Waals surface area contributed by atoms with Gasteiger partial charge in [-0.1, -0.05) is 59.8 Å². The third-order valence-corrected chi connectivity index (χ3v) is 8.96. The van der Waals surface area contributed by atoms with Crippen LogP contribution in [0.5, 0.6) is 0 Å². The molecule has 1 heterocycles. The maximum atomic E-state index is 6.56. The van der Waals surface area contributed by atoms with E-state index < -0.39 is 8.56 Å². The normalized spacial score (nSPS) is 28.6. The molecular formula is C16H30O2Si. The van der Waals surface area contributed by atoms with Crippen LogP contribution in [0.25, 0.3) is 0 Å². The molecule has 0 aromatic rings. The van der Waals surface area contributed by atoms with Gasteiger partial charge in [0.25, 0.3) is 0 Å². The Labute approximate surface area is 120 Å². The van der Waals surface area contributed by atoms with Gasteiger partial charge in [-0.2, -0.15) is 0 Å². The van der Waals surface area contributed by atoms with E-state index in [0.717, 1.165) is 6.42 Å². The maximum Gasteiger partial charge on any atom is 0.350 e. The van der Waals surface area contributed by atoms with E-state index in [1.54, 1.807) is 0 Å². The third kappa shape index (κ3) is 3.20. The summed E-state index contributed by atoms with van der Waals surface area (Å²) in [5.41, 5.74) is 0. The van der Waals surface area contributed by atoms with Gasteiger partial charge in [-0.15, -0.1) is 6.58 Å². The van der Waals surface area contributed by atoms with Gasteiger partial charge >= 0.3 is 8.56 Å². The molecule has 1 rings (SSSR count). The van der Waals surface area contributed by atoms with Gasteiger partial charge < -0.3 is 8.85 Å². The molecule has 0 amide bonds. The molecule has 0 saturated carbocycles. The molecule has 0 N–H and O–H groups in total. The fourth-order valence-corrected chi connectivity index (χ4v) is 8.03. The van der Waals surface area contributed by atoms with Crippen molar-refractivity contribution in [1.29, 1.82) is 0 Å². The number of hydrogen-bond acceptors (Lipinski definition) is 2. The summed E-state index contributed by atoms with van der Waals surface area (Å²) in [6, 6.07) is 0. The summed E-state index contributed by atoms with van der Waals surface area (Å²) in [5, 5.41) is 0.0412. The van der Waals surface area contributed by atoms with Crippen molar-refractivity contribution in [3.8, 4) is 0 Å². The zero-order valence-electron chi connectivity index (χ0n) is 13.6. The van der Waals surface area contributed by atoms with E-state index in [-0.39, 0.29) is 22.3 Å². The minimum absolute atomic E-state index is 0.0206. The molecule has 3 heteroatoms. The van der Waals surface area contributed by atoms with E-state index in [2.05, 4.69) is 60.3 Å². The van der Waals surface area contributed by atoms with E-state index >= 15 is 0 Å². The van der Waals surface area contributed by atoms with Gasteiger partial charge in [0, 0.05) is 16.5 Å². The molecule has 0 bridgehead atoms. The lowest BCUT2D eigenvalue weighted by Crippen LogP contribution is -2.63. The van der Waals surface area contributed by atoms with Crippen LogP contribution in [0.2, 0.25) is 10.1 Å². The Hall–Kier alpha value is -0.383. The first-order valence-electron chi connectivity index (χ1n) is 7.18. The molecule has 0 aromatic heterocycles. The molecule has 1 fully saturated rings. The predicted molar refractivity (Wildman–Crippen MR) is 84.6 cm³/mol. The largest absolute Gasteiger partial charge is 0.387 e. The van der Waals surface area contributed by atoms with Crippen LogP contribution in [-0.2, 0) is 8.85 Å². The zero-order valence-corrected chi connectivity index (χ0v) is 14.6. The van der Waals surface area contributed by atoms with Gasteiger partial charge in [0.1, 0.15) is 0 Å². The second-order valence-electron chi connectivity index (χ2n) is 7.43. The Balaban J connectivity index is 3.25. The fraction of sp³-hybridized carbons (Fsp3) is 0.750. The van der Waals surface area contributed by atoms with Crippen molar-refractivity contribution in [3.63, 3.8) is 0 Å². The van der Waals surface area contributed by atoms with Crippen LogP contribution in [0.4, 0.5) is 0 Å². The van der Waals surface area contributed by atoms with E-state index in [1.807, 2.05) is 13.0 Å². The molecular weight excluding hydrogens is 252 g/mol. The van der Waals surface area contributed by atoms with Crippen molar-refractivity contribution in [2.24, 2.45) is 0 Å². The maximum absolute atomic E-state index is 6.56. The predicted octanol–water partition coefficient (Wildman–Crippen LogP) is 4.97. The highest BCUT2D eigenvalue weighted by molar-refractivity contribution is 6.73. The summed E-state index contributed by atoms with van der Waals surface area (Å²) >= 11 is 0. The molecule has 0 aliphatic carbocycles. The lowest BCUT2D eigenvalue weighted by molar-refractivity contribution is 0.0126. The lowest BCUT2D eigenvalue weighted by Gasteiger charge is -2.54. The van der Waals surface area contributed by atoms with Gasteiger partial charge in [0.05, 0.1) is 12.2 Å². The first kappa shape index (κ1) is 16.7. The topological polar surface area (TPSA) is 18.5 Å². The molecule has 1 saturated heterocycles. The minimum atomic E-state index is -2.39. The van der Waals surface area contributed by atoms with Crippen LogP contribution in [0.1, 0.15) is 54.9 Å². The molecule has 0 spiro atoms. The Bertz CT molecular complexity index is 333. The molecule has 110 valence electrons. The number of rotatable bonds is 2. The number of hydrogen-bond donors (Lipinski definition) is 0. The highest BCUT2D eigenvalue weighted by Gasteiger charge is 2.61. The molecule has 2 unspecified atom stereocenters. The van der Waals surface area contributed by atoms with Crippen LogP contribution in [-0.4, -0.2) is 20.8 Å². The summed E-state index contributed by atoms with van der Waals surface area (Å²) in [4.78, 5) is 0. The van der Waals surface area contributed by atoms with Gasteiger partial charge in [-0.3, -0.25) is 0 Å². The van der Waals surface area contributed by atoms with E-state index in [4.69, 9.17) is 8.85 Å². The van der Waals surface area contributed by atoms with Gasteiger partial charge in [-0.25, -0.2) is 0 Å². The standard InChI is InChI=1S/C16H30O2Si/c1-9-11-14-12-13(10-2)17-19(18-14,15(3,4)5)16(6,7)8/h9-11,13-14H,2,12H2,1,3-8H3/b11-9+.